The summed E-state index contributed by atoms with van der Waals surface area (Å²) < 4.78 is 5.69. The fourth-order valence-electron chi connectivity index (χ4n) is 3.91. The number of ether oxygens (including phenoxy) is 1. The van der Waals surface area contributed by atoms with Gasteiger partial charge in [-0.3, -0.25) is 0 Å². The Kier molecular flexibility index (Phi) is 14.7. The largest absolute Gasteiger partial charge is 0.459 e. The minimum atomic E-state index is -0.204. The summed E-state index contributed by atoms with van der Waals surface area (Å²) in [5.41, 5.74) is 0.524. The second kappa shape index (κ2) is 16.4. The van der Waals surface area contributed by atoms with E-state index in [-0.39, 0.29) is 12.1 Å². The van der Waals surface area contributed by atoms with Crippen molar-refractivity contribution in [3.8, 4) is 0 Å². The molecule has 152 valence electrons. The highest BCUT2D eigenvalue weighted by molar-refractivity contribution is 5.87. The van der Waals surface area contributed by atoms with Crippen molar-refractivity contribution in [1.29, 1.82) is 0 Å². The van der Waals surface area contributed by atoms with Gasteiger partial charge >= 0.3 is 5.97 Å². The van der Waals surface area contributed by atoms with Gasteiger partial charge in [0.1, 0.15) is 6.10 Å². The number of carbonyl (C=O) groups excluding carboxylic acids is 1. The Morgan fingerprint density at radius 1 is 0.615 bits per heavy atom. The zero-order valence-electron chi connectivity index (χ0n) is 17.5. The molecule has 0 heterocycles. The molecule has 2 nitrogen and oxygen atoms in total. The summed E-state index contributed by atoms with van der Waals surface area (Å²) in [7, 11) is 0. The molecule has 0 radical (unpaired) electrons. The van der Waals surface area contributed by atoms with Gasteiger partial charge in [-0.25, -0.2) is 4.79 Å². The summed E-state index contributed by atoms with van der Waals surface area (Å²) in [6.07, 6.45) is 25.3. The van der Waals surface area contributed by atoms with E-state index in [1.54, 1.807) is 6.92 Å². The van der Waals surface area contributed by atoms with Crippen LogP contribution >= 0.6 is 0 Å². The molecule has 26 heavy (non-hydrogen) atoms. The Balaban J connectivity index is 2.32. The molecule has 0 unspecified atom stereocenters. The lowest BCUT2D eigenvalue weighted by Crippen LogP contribution is -2.18. The van der Waals surface area contributed by atoms with E-state index < -0.39 is 0 Å². The van der Waals surface area contributed by atoms with Crippen LogP contribution in [0.1, 0.15) is 129 Å². The van der Waals surface area contributed by atoms with Gasteiger partial charge in [-0.2, -0.15) is 0 Å². The van der Waals surface area contributed by atoms with Crippen molar-refractivity contribution in [2.75, 3.05) is 0 Å². The van der Waals surface area contributed by atoms with E-state index in [9.17, 15) is 4.79 Å². The van der Waals surface area contributed by atoms with Gasteiger partial charge in [0.25, 0.3) is 0 Å². The Morgan fingerprint density at radius 3 is 1.15 bits per heavy atom. The van der Waals surface area contributed by atoms with E-state index in [1.165, 1.54) is 109 Å². The molecular formula is C24H44O2. The zero-order chi connectivity index (χ0) is 18.9. The monoisotopic (exact) mass is 364 g/mol. The van der Waals surface area contributed by atoms with Crippen LogP contribution in [0, 0.1) is 0 Å². The van der Waals surface area contributed by atoms with Gasteiger partial charge in [0.15, 0.2) is 0 Å². The summed E-state index contributed by atoms with van der Waals surface area (Å²) in [5.74, 6) is -0.204. The molecule has 0 N–H and O–H groups in total. The van der Waals surface area contributed by atoms with Crippen LogP contribution in [0.3, 0.4) is 0 Å². The molecule has 0 bridgehead atoms. The molecule has 2 heteroatoms. The van der Waals surface area contributed by atoms with Crippen LogP contribution in [0.2, 0.25) is 0 Å². The molecule has 1 fully saturated rings. The number of carbonyl (C=O) groups is 1. The van der Waals surface area contributed by atoms with Gasteiger partial charge in [-0.15, -0.1) is 0 Å². The van der Waals surface area contributed by atoms with E-state index in [2.05, 4.69) is 6.58 Å². The van der Waals surface area contributed by atoms with E-state index in [4.69, 9.17) is 4.74 Å². The normalized spacial score (nSPS) is 21.6. The molecule has 1 rings (SSSR count). The minimum absolute atomic E-state index is 0.102. The first-order valence-corrected chi connectivity index (χ1v) is 11.6. The maximum absolute atomic E-state index is 11.9. The third-order valence-corrected chi connectivity index (χ3v) is 5.67. The van der Waals surface area contributed by atoms with Gasteiger partial charge in [0, 0.05) is 5.57 Å². The highest BCUT2D eigenvalue weighted by Crippen LogP contribution is 2.19. The lowest BCUT2D eigenvalue weighted by Gasteiger charge is -2.18. The Hall–Kier alpha value is -0.790. The van der Waals surface area contributed by atoms with Crippen molar-refractivity contribution in [2.45, 2.75) is 135 Å². The minimum Gasteiger partial charge on any atom is -0.459 e. The van der Waals surface area contributed by atoms with Crippen LogP contribution < -0.4 is 0 Å². The van der Waals surface area contributed by atoms with Crippen LogP contribution in [0.15, 0.2) is 12.2 Å². The second-order valence-electron chi connectivity index (χ2n) is 8.40. The molecule has 0 atom stereocenters. The first-order valence-electron chi connectivity index (χ1n) is 11.6. The molecule has 0 spiro atoms. The van der Waals surface area contributed by atoms with Gasteiger partial charge in [0.2, 0.25) is 0 Å². The third kappa shape index (κ3) is 13.4. The molecule has 1 aliphatic rings. The van der Waals surface area contributed by atoms with Crippen molar-refractivity contribution < 1.29 is 9.53 Å². The third-order valence-electron chi connectivity index (χ3n) is 5.67. The molecule has 1 saturated carbocycles. The topological polar surface area (TPSA) is 26.3 Å². The average Bonchev–Trinajstić information content (AvgIpc) is 2.62. The van der Waals surface area contributed by atoms with Gasteiger partial charge in [-0.1, -0.05) is 103 Å². The lowest BCUT2D eigenvalue weighted by molar-refractivity contribution is -0.145. The highest BCUT2D eigenvalue weighted by Gasteiger charge is 2.14. The first kappa shape index (κ1) is 23.2. The van der Waals surface area contributed by atoms with E-state index >= 15 is 0 Å². The molecule has 0 amide bonds. The van der Waals surface area contributed by atoms with Crippen LogP contribution in [0.4, 0.5) is 0 Å². The number of esters is 1. The molecule has 0 saturated heterocycles. The predicted molar refractivity (Wildman–Crippen MR) is 112 cm³/mol. The Morgan fingerprint density at radius 2 is 0.885 bits per heavy atom. The van der Waals surface area contributed by atoms with Gasteiger partial charge in [0.05, 0.1) is 0 Å². The van der Waals surface area contributed by atoms with Crippen LogP contribution in [0.5, 0.6) is 0 Å². The van der Waals surface area contributed by atoms with Crippen molar-refractivity contribution in [3.63, 3.8) is 0 Å². The maximum atomic E-state index is 11.9. The summed E-state index contributed by atoms with van der Waals surface area (Å²) in [4.78, 5) is 11.9. The van der Waals surface area contributed by atoms with E-state index in [0.717, 1.165) is 12.8 Å². The molecule has 0 aromatic rings. The average molecular weight is 365 g/mol. The highest BCUT2D eigenvalue weighted by atomic mass is 16.5. The summed E-state index contributed by atoms with van der Waals surface area (Å²) in [6.45, 7) is 5.47. The summed E-state index contributed by atoms with van der Waals surface area (Å²) in [6, 6.07) is 0. The van der Waals surface area contributed by atoms with Crippen LogP contribution in [-0.2, 0) is 9.53 Å². The maximum Gasteiger partial charge on any atom is 0.333 e. The molecular weight excluding hydrogens is 320 g/mol. The van der Waals surface area contributed by atoms with Crippen molar-refractivity contribution in [1.82, 2.24) is 0 Å². The van der Waals surface area contributed by atoms with E-state index in [0.29, 0.717) is 5.57 Å². The number of hydrogen-bond donors (Lipinski definition) is 0. The smallest absolute Gasteiger partial charge is 0.333 e. The summed E-state index contributed by atoms with van der Waals surface area (Å²) >= 11 is 0. The van der Waals surface area contributed by atoms with Gasteiger partial charge < -0.3 is 4.74 Å². The number of rotatable bonds is 2. The summed E-state index contributed by atoms with van der Waals surface area (Å²) in [5, 5.41) is 0. The molecule has 0 aromatic carbocycles. The lowest BCUT2D eigenvalue weighted by atomic mass is 10.00. The number of hydrogen-bond acceptors (Lipinski definition) is 2. The predicted octanol–water partition coefficient (Wildman–Crippen LogP) is 7.90. The van der Waals surface area contributed by atoms with Crippen molar-refractivity contribution >= 4 is 5.97 Å². The first-order chi connectivity index (χ1) is 12.7. The molecule has 0 aromatic heterocycles. The standard InChI is InChI=1S/C24H44O2/c1-22(2)24(25)26-23-20-18-16-14-12-10-8-6-4-3-5-7-9-11-13-15-17-19-21-23/h23H,1,3-21H2,2H3. The SMILES string of the molecule is C=C(C)C(=O)OC1CCCCCCCCCCCCCCCCCCC1. The second-order valence-corrected chi connectivity index (χ2v) is 8.40. The molecule has 1 aliphatic carbocycles. The quantitative estimate of drug-likeness (QED) is 0.367. The fraction of sp³-hybridized carbons (Fsp3) is 0.875. The Labute approximate surface area is 163 Å². The fourth-order valence-corrected chi connectivity index (χ4v) is 3.91. The Bertz CT molecular complexity index is 341. The molecule has 0 aliphatic heterocycles. The van der Waals surface area contributed by atoms with Crippen LogP contribution in [0.25, 0.3) is 0 Å². The van der Waals surface area contributed by atoms with Crippen LogP contribution in [-0.4, -0.2) is 12.1 Å². The van der Waals surface area contributed by atoms with Crippen molar-refractivity contribution in [2.24, 2.45) is 0 Å². The zero-order valence-corrected chi connectivity index (χ0v) is 17.5. The van der Waals surface area contributed by atoms with Crippen molar-refractivity contribution in [3.05, 3.63) is 12.2 Å². The van der Waals surface area contributed by atoms with Gasteiger partial charge in [-0.05, 0) is 32.6 Å². The van der Waals surface area contributed by atoms with E-state index in [1.807, 2.05) is 0 Å².